The molecule has 0 bridgehead atoms. The van der Waals surface area contributed by atoms with Gasteiger partial charge in [0.15, 0.2) is 11.4 Å². The first-order chi connectivity index (χ1) is 23.5. The van der Waals surface area contributed by atoms with Gasteiger partial charge >= 0.3 is 0 Å². The standard InChI is InChI=1S/C17H20N4O4.C17H20N4O3/c1-3-21(25,4-2)11-7-10-19-15-14(18-20(19)24)16(22)12-8-5-6-9-13(12)17(15)23;1-3-19(4-2)10-7-11-20-15-14(18-21(20)24)16(22)12-8-5-6-9-13(12)17(15)23/h5-6,8-9H,3-4,7,10-11H2,1-2H3;5-6,8-9H,3-4,7,10-11H2,1-2H3. The van der Waals surface area contributed by atoms with Crippen molar-refractivity contribution in [1.29, 1.82) is 0 Å². The van der Waals surface area contributed by atoms with Crippen molar-refractivity contribution in [2.75, 3.05) is 39.3 Å². The molecule has 258 valence electrons. The number of hydroxylamine groups is 3. The molecule has 4 aromatic rings. The first-order valence-corrected chi connectivity index (χ1v) is 16.6. The highest BCUT2D eigenvalue weighted by Crippen LogP contribution is 2.26. The second kappa shape index (κ2) is 14.6. The van der Waals surface area contributed by atoms with E-state index in [0.29, 0.717) is 55.1 Å². The average Bonchev–Trinajstić information content (AvgIpc) is 3.64. The van der Waals surface area contributed by atoms with Crippen molar-refractivity contribution in [2.24, 2.45) is 0 Å². The summed E-state index contributed by atoms with van der Waals surface area (Å²) in [6.45, 7) is 12.2. The molecule has 0 unspecified atom stereocenters. The average molecular weight is 673 g/mol. The van der Waals surface area contributed by atoms with Gasteiger partial charge in [-0.3, -0.25) is 19.2 Å². The van der Waals surface area contributed by atoms with Crippen molar-refractivity contribution in [1.82, 2.24) is 24.5 Å². The SMILES string of the molecule is CCN(CC)CCCn1c2c(n[n+]1[O-])C(=O)c1ccccc1C2=O.CC[N+]([O-])(CC)CCCn1c2c(n[n+]1[O-])C(=O)c1ccccc1C2=O. The molecule has 0 radical (unpaired) electrons. The predicted molar refractivity (Wildman–Crippen MR) is 176 cm³/mol. The Balaban J connectivity index is 0.000000191. The quantitative estimate of drug-likeness (QED) is 0.0807. The first kappa shape index (κ1) is 35.2. The molecular weight excluding hydrogens is 632 g/mol. The number of hydrogen-bond acceptors (Lipinski definition) is 10. The lowest BCUT2D eigenvalue weighted by Crippen LogP contribution is -2.45. The molecule has 49 heavy (non-hydrogen) atoms. The molecule has 15 nitrogen and oxygen atoms in total. The van der Waals surface area contributed by atoms with Gasteiger partial charge in [-0.25, -0.2) is 0 Å². The molecular formula is C34H40N8O7. The molecule has 2 aromatic heterocycles. The van der Waals surface area contributed by atoms with E-state index in [1.165, 1.54) is 4.68 Å². The third-order valence-electron chi connectivity index (χ3n) is 9.27. The van der Waals surface area contributed by atoms with E-state index in [9.17, 15) is 34.8 Å². The number of rotatable bonds is 12. The summed E-state index contributed by atoms with van der Waals surface area (Å²) in [5.41, 5.74) is 1.13. The van der Waals surface area contributed by atoms with Crippen LogP contribution in [0.25, 0.3) is 0 Å². The summed E-state index contributed by atoms with van der Waals surface area (Å²) < 4.78 is 2.07. The summed E-state index contributed by atoms with van der Waals surface area (Å²) in [6.07, 6.45) is 1.12. The second-order valence-corrected chi connectivity index (χ2v) is 11.9. The van der Waals surface area contributed by atoms with Crippen molar-refractivity contribution in [3.8, 4) is 0 Å². The molecule has 0 aliphatic heterocycles. The number of carbonyl (C=O) groups is 4. The van der Waals surface area contributed by atoms with Crippen LogP contribution in [0.1, 0.15) is 105 Å². The van der Waals surface area contributed by atoms with Crippen LogP contribution in [-0.2, 0) is 13.1 Å². The van der Waals surface area contributed by atoms with Crippen LogP contribution in [0.4, 0.5) is 0 Å². The van der Waals surface area contributed by atoms with Gasteiger partial charge in [0.1, 0.15) is 0 Å². The van der Waals surface area contributed by atoms with Gasteiger partial charge < -0.3 is 25.2 Å². The number of ketones is 4. The van der Waals surface area contributed by atoms with E-state index in [4.69, 9.17) is 0 Å². The highest BCUT2D eigenvalue weighted by atomic mass is 16.5. The van der Waals surface area contributed by atoms with Gasteiger partial charge in [-0.2, -0.15) is 0 Å². The summed E-state index contributed by atoms with van der Waals surface area (Å²) in [7, 11) is 0. The van der Waals surface area contributed by atoms with Crippen molar-refractivity contribution in [3.63, 3.8) is 0 Å². The third kappa shape index (κ3) is 6.64. The number of carbonyl (C=O) groups excluding carboxylic acids is 4. The Morgan fingerprint density at radius 1 is 0.653 bits per heavy atom. The Hall–Kier alpha value is -5.12. The molecule has 2 aliphatic rings. The molecule has 0 atom stereocenters. The van der Waals surface area contributed by atoms with Crippen LogP contribution in [-0.4, -0.2) is 91.5 Å². The molecule has 2 aromatic carbocycles. The number of nitrogens with zero attached hydrogens (tertiary/aromatic N) is 8. The van der Waals surface area contributed by atoms with Crippen LogP contribution in [0.2, 0.25) is 0 Å². The largest absolute Gasteiger partial charge is 0.633 e. The smallest absolute Gasteiger partial charge is 0.220 e. The maximum Gasteiger partial charge on any atom is 0.220 e. The molecule has 0 N–H and O–H groups in total. The Kier molecular flexibility index (Phi) is 10.5. The summed E-state index contributed by atoms with van der Waals surface area (Å²) in [6, 6.07) is 13.1. The Morgan fingerprint density at radius 2 is 1.04 bits per heavy atom. The molecule has 0 saturated heterocycles. The van der Waals surface area contributed by atoms with E-state index < -0.39 is 5.78 Å². The molecule has 6 rings (SSSR count). The fourth-order valence-electron chi connectivity index (χ4n) is 6.24. The highest BCUT2D eigenvalue weighted by Gasteiger charge is 2.40. The second-order valence-electron chi connectivity index (χ2n) is 11.9. The summed E-state index contributed by atoms with van der Waals surface area (Å²) in [5, 5.41) is 44.0. The van der Waals surface area contributed by atoms with Crippen LogP contribution in [0.15, 0.2) is 48.5 Å². The van der Waals surface area contributed by atoms with E-state index in [0.717, 1.165) is 24.3 Å². The Bertz CT molecular complexity index is 1910. The number of aromatic nitrogens is 6. The van der Waals surface area contributed by atoms with E-state index in [1.54, 1.807) is 48.5 Å². The zero-order valence-corrected chi connectivity index (χ0v) is 28.1. The third-order valence-corrected chi connectivity index (χ3v) is 9.27. The van der Waals surface area contributed by atoms with Crippen molar-refractivity contribution < 1.29 is 33.7 Å². The lowest BCUT2D eigenvalue weighted by Gasteiger charge is -2.41. The molecule has 2 aliphatic carbocycles. The molecule has 0 amide bonds. The van der Waals surface area contributed by atoms with Gasteiger partial charge in [0.2, 0.25) is 34.5 Å². The Labute approximate surface area is 283 Å². The zero-order chi connectivity index (χ0) is 35.5. The fourth-order valence-corrected chi connectivity index (χ4v) is 6.24. The van der Waals surface area contributed by atoms with Crippen LogP contribution in [0, 0.1) is 15.6 Å². The van der Waals surface area contributed by atoms with E-state index in [2.05, 4.69) is 28.9 Å². The normalized spacial score (nSPS) is 13.5. The molecule has 2 heterocycles. The van der Waals surface area contributed by atoms with Crippen molar-refractivity contribution in [3.05, 3.63) is 109 Å². The van der Waals surface area contributed by atoms with Gasteiger partial charge in [-0.15, -0.1) is 9.36 Å². The Morgan fingerprint density at radius 3 is 1.43 bits per heavy atom. The van der Waals surface area contributed by atoms with Gasteiger partial charge in [-0.05, 0) is 33.4 Å². The fraction of sp³-hybridized carbons (Fsp3) is 0.412. The highest BCUT2D eigenvalue weighted by molar-refractivity contribution is 6.27. The summed E-state index contributed by atoms with van der Waals surface area (Å²) >= 11 is 0. The first-order valence-electron chi connectivity index (χ1n) is 16.6. The number of fused-ring (bicyclic) bond motifs is 4. The van der Waals surface area contributed by atoms with Gasteiger partial charge in [-0.1, -0.05) is 62.4 Å². The maximum atomic E-state index is 12.7. The van der Waals surface area contributed by atoms with Crippen LogP contribution in [0.5, 0.6) is 0 Å². The predicted octanol–water partition coefficient (Wildman–Crippen LogP) is 2.06. The molecule has 0 fully saturated rings. The topological polar surface area (TPSA) is 184 Å². The van der Waals surface area contributed by atoms with Gasteiger partial charge in [0.05, 0.1) is 32.7 Å². The molecule has 0 saturated carbocycles. The van der Waals surface area contributed by atoms with Crippen molar-refractivity contribution >= 4 is 23.1 Å². The minimum absolute atomic E-state index is 0.00990. The summed E-state index contributed by atoms with van der Waals surface area (Å²) in [4.78, 5) is 53.4. The number of quaternary nitrogens is 1. The van der Waals surface area contributed by atoms with Crippen LogP contribution in [0.3, 0.4) is 0 Å². The summed E-state index contributed by atoms with van der Waals surface area (Å²) in [5.74, 6) is -1.50. The van der Waals surface area contributed by atoms with Gasteiger partial charge in [0.25, 0.3) is 0 Å². The minimum atomic E-state index is -0.426. The lowest BCUT2D eigenvalue weighted by atomic mass is 9.90. The molecule has 15 heteroatoms. The lowest BCUT2D eigenvalue weighted by molar-refractivity contribution is -0.877. The van der Waals surface area contributed by atoms with E-state index in [-0.39, 0.29) is 67.4 Å². The van der Waals surface area contributed by atoms with Crippen molar-refractivity contribution in [2.45, 2.75) is 53.6 Å². The van der Waals surface area contributed by atoms with E-state index >= 15 is 0 Å². The number of benzene rings is 2. The molecule has 0 spiro atoms. The number of hydrogen-bond donors (Lipinski definition) is 0. The van der Waals surface area contributed by atoms with Crippen LogP contribution < -0.4 is 9.92 Å². The minimum Gasteiger partial charge on any atom is -0.633 e. The maximum absolute atomic E-state index is 12.7. The van der Waals surface area contributed by atoms with E-state index in [1.807, 2.05) is 13.8 Å². The monoisotopic (exact) mass is 672 g/mol. The van der Waals surface area contributed by atoms with Crippen LogP contribution >= 0.6 is 0 Å². The van der Waals surface area contributed by atoms with Gasteiger partial charge in [0, 0.05) is 55.3 Å². The zero-order valence-electron chi connectivity index (χ0n) is 28.1.